The van der Waals surface area contributed by atoms with Crippen LogP contribution in [0.2, 0.25) is 0 Å². The molecule has 0 spiro atoms. The number of nitrogens with zero attached hydrogens (tertiary/aromatic N) is 1. The Bertz CT molecular complexity index is 433. The molecule has 5 heteroatoms. The minimum Gasteiger partial charge on any atom is -0.452 e. The second kappa shape index (κ2) is 2.95. The van der Waals surface area contributed by atoms with Crippen molar-refractivity contribution in [3.05, 3.63) is 22.6 Å². The number of carbonyl (C=O) groups is 2. The topological polar surface area (TPSA) is 50.5 Å². The number of rotatable bonds is 2. The second-order valence-electron chi connectivity index (χ2n) is 3.92. The van der Waals surface area contributed by atoms with Crippen LogP contribution in [0, 0.1) is 11.8 Å². The first-order valence-corrected chi connectivity index (χ1v) is 5.55. The molecule has 2 aliphatic rings. The van der Waals surface area contributed by atoms with Gasteiger partial charge in [-0.15, -0.1) is 0 Å². The van der Waals surface area contributed by atoms with Gasteiger partial charge in [0.05, 0.1) is 18.4 Å². The van der Waals surface area contributed by atoms with Crippen molar-refractivity contribution >= 4 is 27.7 Å². The Morgan fingerprint density at radius 1 is 1.33 bits per heavy atom. The van der Waals surface area contributed by atoms with E-state index in [9.17, 15) is 9.59 Å². The lowest BCUT2D eigenvalue weighted by Gasteiger charge is -2.14. The Labute approximate surface area is 94.4 Å². The van der Waals surface area contributed by atoms with E-state index in [4.69, 9.17) is 4.42 Å². The average Bonchev–Trinajstić information content (AvgIpc) is 2.85. The molecule has 1 aliphatic heterocycles. The molecule has 15 heavy (non-hydrogen) atoms. The normalized spacial score (nSPS) is 28.5. The van der Waals surface area contributed by atoms with E-state index in [2.05, 4.69) is 15.9 Å². The number of carbonyl (C=O) groups excluding carboxylic acids is 2. The molecule has 0 radical (unpaired) electrons. The van der Waals surface area contributed by atoms with Crippen LogP contribution in [0.25, 0.3) is 0 Å². The molecular weight excluding hydrogens is 262 g/mol. The molecule has 1 aromatic heterocycles. The van der Waals surface area contributed by atoms with Crippen LogP contribution in [0.5, 0.6) is 0 Å². The van der Waals surface area contributed by atoms with Crippen LogP contribution in [-0.2, 0) is 16.1 Å². The van der Waals surface area contributed by atoms with Crippen LogP contribution >= 0.6 is 15.9 Å². The summed E-state index contributed by atoms with van der Waals surface area (Å²) in [6.45, 7) is 0.260. The van der Waals surface area contributed by atoms with E-state index in [1.54, 1.807) is 12.1 Å². The van der Waals surface area contributed by atoms with Gasteiger partial charge in [-0.25, -0.2) is 0 Å². The number of hydrogen-bond donors (Lipinski definition) is 0. The summed E-state index contributed by atoms with van der Waals surface area (Å²) in [7, 11) is 0. The zero-order valence-electron chi connectivity index (χ0n) is 7.77. The predicted octanol–water partition coefficient (Wildman–Crippen LogP) is 1.55. The van der Waals surface area contributed by atoms with E-state index < -0.39 is 0 Å². The Kier molecular flexibility index (Phi) is 1.80. The third-order valence-electron chi connectivity index (χ3n) is 2.90. The van der Waals surface area contributed by atoms with E-state index in [0.717, 1.165) is 6.42 Å². The molecule has 0 N–H and O–H groups in total. The molecule has 1 aromatic rings. The molecule has 78 valence electrons. The van der Waals surface area contributed by atoms with E-state index in [0.29, 0.717) is 10.4 Å². The lowest BCUT2D eigenvalue weighted by molar-refractivity contribution is -0.142. The van der Waals surface area contributed by atoms with Gasteiger partial charge in [0.15, 0.2) is 4.67 Å². The van der Waals surface area contributed by atoms with Crippen LogP contribution in [0.4, 0.5) is 0 Å². The van der Waals surface area contributed by atoms with Crippen LogP contribution in [-0.4, -0.2) is 16.7 Å². The molecule has 4 nitrogen and oxygen atoms in total. The van der Waals surface area contributed by atoms with Gasteiger partial charge < -0.3 is 4.42 Å². The molecule has 2 heterocycles. The van der Waals surface area contributed by atoms with Crippen molar-refractivity contribution in [2.24, 2.45) is 11.8 Å². The molecule has 1 saturated heterocycles. The standard InChI is InChI=1S/C10H8BrNO3/c11-8-2-1-5(15-8)4-12-9(13)6-3-7(6)10(12)14/h1-2,6-7H,3-4H2. The van der Waals surface area contributed by atoms with E-state index in [1.807, 2.05) is 0 Å². The van der Waals surface area contributed by atoms with Gasteiger partial charge in [0.1, 0.15) is 5.76 Å². The average molecular weight is 270 g/mol. The second-order valence-corrected chi connectivity index (χ2v) is 4.70. The third-order valence-corrected chi connectivity index (χ3v) is 3.33. The zero-order chi connectivity index (χ0) is 10.6. The SMILES string of the molecule is O=C1C2CC2C(=O)N1Cc1ccc(Br)o1. The Morgan fingerprint density at radius 3 is 2.53 bits per heavy atom. The summed E-state index contributed by atoms with van der Waals surface area (Å²) in [5, 5.41) is 0. The number of likely N-dealkylation sites (tertiary alicyclic amines) is 1. The highest BCUT2D eigenvalue weighted by Crippen LogP contribution is 2.47. The van der Waals surface area contributed by atoms with Gasteiger partial charge in [-0.05, 0) is 34.5 Å². The molecule has 0 aromatic carbocycles. The minimum atomic E-state index is -0.0440. The molecule has 2 amide bonds. The van der Waals surface area contributed by atoms with Gasteiger partial charge in [-0.3, -0.25) is 14.5 Å². The minimum absolute atomic E-state index is 0.0316. The summed E-state index contributed by atoms with van der Waals surface area (Å²) < 4.78 is 5.88. The van der Waals surface area contributed by atoms with Crippen molar-refractivity contribution in [2.75, 3.05) is 0 Å². The van der Waals surface area contributed by atoms with E-state index in [-0.39, 0.29) is 30.2 Å². The molecule has 2 unspecified atom stereocenters. The summed E-state index contributed by atoms with van der Waals surface area (Å²) in [6.07, 6.45) is 0.746. The molecule has 1 saturated carbocycles. The number of hydrogen-bond acceptors (Lipinski definition) is 3. The maximum Gasteiger partial charge on any atom is 0.233 e. The number of fused-ring (bicyclic) bond motifs is 1. The first kappa shape index (κ1) is 9.15. The molecule has 2 fully saturated rings. The third kappa shape index (κ3) is 1.33. The Morgan fingerprint density at radius 2 is 2.00 bits per heavy atom. The first-order valence-electron chi connectivity index (χ1n) is 4.76. The lowest BCUT2D eigenvalue weighted by Crippen LogP contribution is -2.32. The number of furan rings is 1. The highest BCUT2D eigenvalue weighted by atomic mass is 79.9. The van der Waals surface area contributed by atoms with Crippen LogP contribution in [0.3, 0.4) is 0 Å². The predicted molar refractivity (Wildman–Crippen MR) is 53.6 cm³/mol. The first-order chi connectivity index (χ1) is 7.16. The summed E-state index contributed by atoms with van der Waals surface area (Å²) in [5.74, 6) is 0.478. The summed E-state index contributed by atoms with van der Waals surface area (Å²) in [6, 6.07) is 3.51. The van der Waals surface area contributed by atoms with Crippen molar-refractivity contribution < 1.29 is 14.0 Å². The fraction of sp³-hybridized carbons (Fsp3) is 0.400. The van der Waals surface area contributed by atoms with Crippen molar-refractivity contribution in [2.45, 2.75) is 13.0 Å². The van der Waals surface area contributed by atoms with Gasteiger partial charge in [-0.1, -0.05) is 0 Å². The molecule has 1 aliphatic carbocycles. The number of amides is 2. The summed E-state index contributed by atoms with van der Waals surface area (Å²) in [5.41, 5.74) is 0. The number of halogens is 1. The molecular formula is C10H8BrNO3. The van der Waals surface area contributed by atoms with Crippen LogP contribution < -0.4 is 0 Å². The van der Waals surface area contributed by atoms with Crippen molar-refractivity contribution in [1.82, 2.24) is 4.90 Å². The van der Waals surface area contributed by atoms with Gasteiger partial charge in [0.25, 0.3) is 0 Å². The van der Waals surface area contributed by atoms with Gasteiger partial charge in [0, 0.05) is 0 Å². The summed E-state index contributed by atoms with van der Waals surface area (Å²) >= 11 is 3.18. The van der Waals surface area contributed by atoms with Gasteiger partial charge >= 0.3 is 0 Å². The van der Waals surface area contributed by atoms with E-state index in [1.165, 1.54) is 4.90 Å². The lowest BCUT2D eigenvalue weighted by atomic mass is 10.3. The van der Waals surface area contributed by atoms with Crippen LogP contribution in [0.1, 0.15) is 12.2 Å². The van der Waals surface area contributed by atoms with Crippen molar-refractivity contribution in [3.63, 3.8) is 0 Å². The fourth-order valence-electron chi connectivity index (χ4n) is 2.00. The molecule has 2 atom stereocenters. The number of imide groups is 1. The van der Waals surface area contributed by atoms with Gasteiger partial charge in [-0.2, -0.15) is 0 Å². The van der Waals surface area contributed by atoms with Crippen LogP contribution in [0.15, 0.2) is 21.2 Å². The Balaban J connectivity index is 1.79. The highest BCUT2D eigenvalue weighted by molar-refractivity contribution is 9.10. The monoisotopic (exact) mass is 269 g/mol. The summed E-state index contributed by atoms with van der Waals surface area (Å²) in [4.78, 5) is 24.5. The fourth-order valence-corrected chi connectivity index (χ4v) is 2.34. The number of piperidine rings is 1. The highest BCUT2D eigenvalue weighted by Gasteiger charge is 2.58. The van der Waals surface area contributed by atoms with E-state index >= 15 is 0 Å². The van der Waals surface area contributed by atoms with Gasteiger partial charge in [0.2, 0.25) is 11.8 Å². The largest absolute Gasteiger partial charge is 0.452 e. The molecule has 3 rings (SSSR count). The smallest absolute Gasteiger partial charge is 0.233 e. The quantitative estimate of drug-likeness (QED) is 0.766. The van der Waals surface area contributed by atoms with Crippen molar-refractivity contribution in [3.8, 4) is 0 Å². The maximum atomic E-state index is 11.6. The molecule has 0 bridgehead atoms. The maximum absolute atomic E-state index is 11.6. The Hall–Kier alpha value is -1.10. The van der Waals surface area contributed by atoms with Crippen molar-refractivity contribution in [1.29, 1.82) is 0 Å². The zero-order valence-corrected chi connectivity index (χ0v) is 9.36.